The molecule has 0 aromatic carbocycles. The van der Waals surface area contributed by atoms with Crippen LogP contribution in [0.2, 0.25) is 0 Å². The standard InChI is InChI=1S/C10H18O3/c1-2-12-8-9(11)7-10-5-3-4-6-13-10/h10H,2-8H2,1H3. The summed E-state index contributed by atoms with van der Waals surface area (Å²) in [5.74, 6) is 0.161. The van der Waals surface area contributed by atoms with Gasteiger partial charge in [-0.25, -0.2) is 0 Å². The molecule has 1 aliphatic heterocycles. The van der Waals surface area contributed by atoms with E-state index in [2.05, 4.69) is 0 Å². The number of ketones is 1. The summed E-state index contributed by atoms with van der Waals surface area (Å²) in [5, 5.41) is 0. The molecule has 0 spiro atoms. The first-order valence-corrected chi connectivity index (χ1v) is 5.04. The predicted molar refractivity (Wildman–Crippen MR) is 49.7 cm³/mol. The van der Waals surface area contributed by atoms with E-state index < -0.39 is 0 Å². The van der Waals surface area contributed by atoms with Crippen LogP contribution in [-0.4, -0.2) is 31.7 Å². The molecule has 3 heteroatoms. The fourth-order valence-corrected chi connectivity index (χ4v) is 1.50. The van der Waals surface area contributed by atoms with Crippen molar-refractivity contribution >= 4 is 5.78 Å². The third-order valence-corrected chi connectivity index (χ3v) is 2.20. The highest BCUT2D eigenvalue weighted by atomic mass is 16.5. The lowest BCUT2D eigenvalue weighted by Crippen LogP contribution is -2.24. The van der Waals surface area contributed by atoms with Crippen LogP contribution >= 0.6 is 0 Å². The van der Waals surface area contributed by atoms with E-state index in [1.807, 2.05) is 6.92 Å². The largest absolute Gasteiger partial charge is 0.378 e. The maximum Gasteiger partial charge on any atom is 0.161 e. The second kappa shape index (κ2) is 6.11. The zero-order chi connectivity index (χ0) is 9.52. The molecule has 0 bridgehead atoms. The van der Waals surface area contributed by atoms with E-state index >= 15 is 0 Å². The van der Waals surface area contributed by atoms with Crippen LogP contribution in [0, 0.1) is 0 Å². The van der Waals surface area contributed by atoms with E-state index in [0.29, 0.717) is 13.0 Å². The van der Waals surface area contributed by atoms with E-state index in [1.165, 1.54) is 6.42 Å². The minimum Gasteiger partial charge on any atom is -0.378 e. The fourth-order valence-electron chi connectivity index (χ4n) is 1.50. The van der Waals surface area contributed by atoms with Crippen LogP contribution in [0.1, 0.15) is 32.6 Å². The first kappa shape index (κ1) is 10.7. The third-order valence-electron chi connectivity index (χ3n) is 2.20. The molecule has 0 aliphatic carbocycles. The lowest BCUT2D eigenvalue weighted by Gasteiger charge is -2.21. The van der Waals surface area contributed by atoms with Crippen molar-refractivity contribution in [3.8, 4) is 0 Å². The Morgan fingerprint density at radius 2 is 2.38 bits per heavy atom. The summed E-state index contributed by atoms with van der Waals surface area (Å²) >= 11 is 0. The van der Waals surface area contributed by atoms with Gasteiger partial charge in [-0.1, -0.05) is 0 Å². The molecule has 0 N–H and O–H groups in total. The van der Waals surface area contributed by atoms with Crippen molar-refractivity contribution in [2.24, 2.45) is 0 Å². The molecule has 1 rings (SSSR count). The molecule has 0 amide bonds. The maximum atomic E-state index is 11.3. The summed E-state index contributed by atoms with van der Waals surface area (Å²) in [4.78, 5) is 11.3. The first-order valence-electron chi connectivity index (χ1n) is 5.04. The summed E-state index contributed by atoms with van der Waals surface area (Å²) in [5.41, 5.74) is 0. The van der Waals surface area contributed by atoms with Gasteiger partial charge < -0.3 is 9.47 Å². The normalized spacial score (nSPS) is 23.0. The topological polar surface area (TPSA) is 35.5 Å². The van der Waals surface area contributed by atoms with E-state index in [9.17, 15) is 4.79 Å². The quantitative estimate of drug-likeness (QED) is 0.653. The van der Waals surface area contributed by atoms with Crippen molar-refractivity contribution < 1.29 is 14.3 Å². The average molecular weight is 186 g/mol. The van der Waals surface area contributed by atoms with Gasteiger partial charge in [0, 0.05) is 19.6 Å². The van der Waals surface area contributed by atoms with Gasteiger partial charge in [0.05, 0.1) is 6.10 Å². The Morgan fingerprint density at radius 3 is 3.00 bits per heavy atom. The fraction of sp³-hybridized carbons (Fsp3) is 0.900. The molecule has 0 radical (unpaired) electrons. The van der Waals surface area contributed by atoms with Crippen molar-refractivity contribution in [3.63, 3.8) is 0 Å². The van der Waals surface area contributed by atoms with Gasteiger partial charge in [-0.2, -0.15) is 0 Å². The second-order valence-corrected chi connectivity index (χ2v) is 3.37. The number of Topliss-reactive ketones (excluding diaryl/α,β-unsaturated/α-hetero) is 1. The molecule has 0 aromatic rings. The van der Waals surface area contributed by atoms with Crippen LogP contribution < -0.4 is 0 Å². The van der Waals surface area contributed by atoms with E-state index in [0.717, 1.165) is 19.4 Å². The number of hydrogen-bond donors (Lipinski definition) is 0. The van der Waals surface area contributed by atoms with E-state index in [1.54, 1.807) is 0 Å². The van der Waals surface area contributed by atoms with Crippen LogP contribution in [0.5, 0.6) is 0 Å². The van der Waals surface area contributed by atoms with Gasteiger partial charge in [-0.05, 0) is 26.2 Å². The molecule has 0 saturated carbocycles. The number of rotatable bonds is 5. The SMILES string of the molecule is CCOCC(=O)CC1CCCCO1. The average Bonchev–Trinajstić information content (AvgIpc) is 2.16. The highest BCUT2D eigenvalue weighted by molar-refractivity contribution is 5.80. The van der Waals surface area contributed by atoms with Crippen LogP contribution in [0.3, 0.4) is 0 Å². The molecule has 13 heavy (non-hydrogen) atoms. The van der Waals surface area contributed by atoms with Crippen molar-refractivity contribution in [2.45, 2.75) is 38.7 Å². The summed E-state index contributed by atoms with van der Waals surface area (Å²) in [7, 11) is 0. The van der Waals surface area contributed by atoms with E-state index in [4.69, 9.17) is 9.47 Å². The molecular weight excluding hydrogens is 168 g/mol. The summed E-state index contributed by atoms with van der Waals surface area (Å²) in [6.45, 7) is 3.56. The van der Waals surface area contributed by atoms with Gasteiger partial charge in [-0.3, -0.25) is 4.79 Å². The van der Waals surface area contributed by atoms with Gasteiger partial charge in [0.2, 0.25) is 0 Å². The second-order valence-electron chi connectivity index (χ2n) is 3.37. The summed E-state index contributed by atoms with van der Waals surface area (Å²) in [6, 6.07) is 0. The molecule has 0 aromatic heterocycles. The molecule has 3 nitrogen and oxygen atoms in total. The third kappa shape index (κ3) is 4.39. The van der Waals surface area contributed by atoms with Gasteiger partial charge in [-0.15, -0.1) is 0 Å². The monoisotopic (exact) mass is 186 g/mol. The Morgan fingerprint density at radius 1 is 1.54 bits per heavy atom. The lowest BCUT2D eigenvalue weighted by molar-refractivity contribution is -0.127. The Labute approximate surface area is 79.4 Å². The minimum atomic E-state index is 0.154. The van der Waals surface area contributed by atoms with Gasteiger partial charge in [0.1, 0.15) is 6.61 Å². The smallest absolute Gasteiger partial charge is 0.161 e. The molecule has 1 fully saturated rings. The number of hydrogen-bond acceptors (Lipinski definition) is 3. The molecule has 1 unspecified atom stereocenters. The molecule has 1 heterocycles. The molecular formula is C10H18O3. The van der Waals surface area contributed by atoms with Gasteiger partial charge in [0.15, 0.2) is 5.78 Å². The molecule has 1 saturated heterocycles. The summed E-state index contributed by atoms with van der Waals surface area (Å²) < 4.78 is 10.5. The maximum absolute atomic E-state index is 11.3. The molecule has 1 aliphatic rings. The van der Waals surface area contributed by atoms with Crippen LogP contribution in [-0.2, 0) is 14.3 Å². The Balaban J connectivity index is 2.11. The van der Waals surface area contributed by atoms with Crippen LogP contribution in [0.25, 0.3) is 0 Å². The Hall–Kier alpha value is -0.410. The highest BCUT2D eigenvalue weighted by Gasteiger charge is 2.17. The zero-order valence-electron chi connectivity index (χ0n) is 8.25. The first-order chi connectivity index (χ1) is 6.33. The minimum absolute atomic E-state index is 0.154. The van der Waals surface area contributed by atoms with Crippen molar-refractivity contribution in [2.75, 3.05) is 19.8 Å². The Bertz CT molecular complexity index is 150. The molecule has 76 valence electrons. The van der Waals surface area contributed by atoms with Gasteiger partial charge >= 0.3 is 0 Å². The lowest BCUT2D eigenvalue weighted by atomic mass is 10.0. The zero-order valence-corrected chi connectivity index (χ0v) is 8.25. The van der Waals surface area contributed by atoms with Crippen LogP contribution in [0.4, 0.5) is 0 Å². The van der Waals surface area contributed by atoms with Crippen LogP contribution in [0.15, 0.2) is 0 Å². The van der Waals surface area contributed by atoms with E-state index in [-0.39, 0.29) is 18.5 Å². The van der Waals surface area contributed by atoms with Crippen molar-refractivity contribution in [1.29, 1.82) is 0 Å². The number of carbonyl (C=O) groups excluding carboxylic acids is 1. The van der Waals surface area contributed by atoms with Crippen molar-refractivity contribution in [3.05, 3.63) is 0 Å². The number of ether oxygens (including phenoxy) is 2. The molecule has 1 atom stereocenters. The predicted octanol–water partition coefficient (Wildman–Crippen LogP) is 1.55. The van der Waals surface area contributed by atoms with Gasteiger partial charge in [0.25, 0.3) is 0 Å². The number of carbonyl (C=O) groups is 1. The summed E-state index contributed by atoms with van der Waals surface area (Å²) in [6.07, 6.45) is 4.03. The van der Waals surface area contributed by atoms with Crippen molar-refractivity contribution in [1.82, 2.24) is 0 Å². The highest BCUT2D eigenvalue weighted by Crippen LogP contribution is 2.15. The Kier molecular flexibility index (Phi) is 5.01.